The van der Waals surface area contributed by atoms with Crippen molar-refractivity contribution in [1.29, 1.82) is 0 Å². The van der Waals surface area contributed by atoms with E-state index in [2.05, 4.69) is 5.32 Å². The molecule has 20 nitrogen and oxygen atoms in total. The summed E-state index contributed by atoms with van der Waals surface area (Å²) in [5.41, 5.74) is 1.57. The van der Waals surface area contributed by atoms with Crippen LogP contribution < -0.4 is 33.7 Å². The average molecular weight is 1120 g/mol. The lowest BCUT2D eigenvalue weighted by Crippen LogP contribution is -2.46. The minimum Gasteiger partial charge on any atom is -0.493 e. The predicted octanol–water partition coefficient (Wildman–Crippen LogP) is 9.29. The van der Waals surface area contributed by atoms with E-state index in [1.54, 1.807) is 57.5 Å². The molecule has 7 rings (SSSR count). The van der Waals surface area contributed by atoms with E-state index < -0.39 is 51.0 Å². The van der Waals surface area contributed by atoms with Gasteiger partial charge in [-0.2, -0.15) is 13.5 Å². The number of rotatable bonds is 22. The summed E-state index contributed by atoms with van der Waals surface area (Å²) in [4.78, 5) is 70.4. The van der Waals surface area contributed by atoms with Crippen molar-refractivity contribution in [3.8, 4) is 34.5 Å². The number of ether oxygens (including phenoxy) is 9. The van der Waals surface area contributed by atoms with E-state index in [0.29, 0.717) is 65.4 Å². The normalized spacial score (nSPS) is 14.6. The number of hydrogen-bond acceptors (Lipinski definition) is 17. The van der Waals surface area contributed by atoms with Gasteiger partial charge in [0.05, 0.1) is 53.5 Å². The Labute approximate surface area is 470 Å². The second kappa shape index (κ2) is 30.7. The van der Waals surface area contributed by atoms with Crippen molar-refractivity contribution >= 4 is 43.4 Å². The first-order valence-corrected chi connectivity index (χ1v) is 24.5. The van der Waals surface area contributed by atoms with Gasteiger partial charge < -0.3 is 47.9 Å². The number of nitrogens with zero attached hydrogens (tertiary/aromatic N) is 2. The summed E-state index contributed by atoms with van der Waals surface area (Å²) in [6, 6.07) is 44.2. The third-order valence-electron chi connectivity index (χ3n) is 13.0. The zero-order chi connectivity index (χ0) is 57.5. The number of methoxy groups -OCH3 is 6. The zero-order valence-corrected chi connectivity index (χ0v) is 46.5. The second-order valence-electron chi connectivity index (χ2n) is 17.9. The highest BCUT2D eigenvalue weighted by Gasteiger charge is 2.55. The highest BCUT2D eigenvalue weighted by Crippen LogP contribution is 2.44. The fraction of sp³-hybridized carbons (Fsp3) is 0.288. The maximum atomic E-state index is 12.5. The molecule has 0 aromatic heterocycles. The molecule has 6 aromatic rings. The van der Waals surface area contributed by atoms with Crippen molar-refractivity contribution in [3.63, 3.8) is 0 Å². The van der Waals surface area contributed by atoms with Crippen LogP contribution in [0.3, 0.4) is 0 Å². The van der Waals surface area contributed by atoms with Crippen LogP contribution in [0.2, 0.25) is 0 Å². The Bertz CT molecular complexity index is 3040. The Morgan fingerprint density at radius 1 is 0.625 bits per heavy atom. The molecular weight excluding hydrogens is 1050 g/mol. The van der Waals surface area contributed by atoms with Crippen LogP contribution in [-0.2, 0) is 53.2 Å². The number of benzene rings is 6. The van der Waals surface area contributed by atoms with Gasteiger partial charge in [0.25, 0.3) is 0 Å². The van der Waals surface area contributed by atoms with Crippen LogP contribution in [0.5, 0.6) is 34.5 Å². The number of carbonyl (C=O) groups excluding carboxylic acids is 4. The smallest absolute Gasteiger partial charge is 0.323 e. The number of amides is 1. The van der Waals surface area contributed by atoms with Crippen LogP contribution >= 0.6 is 13.5 Å². The molecule has 0 saturated carbocycles. The van der Waals surface area contributed by atoms with Crippen molar-refractivity contribution in [2.75, 3.05) is 55.7 Å². The third kappa shape index (κ3) is 16.5. The van der Waals surface area contributed by atoms with E-state index in [4.69, 9.17) is 42.6 Å². The fourth-order valence-electron chi connectivity index (χ4n) is 8.51. The molecular formula is C59H65N3O17S. The van der Waals surface area contributed by atoms with E-state index >= 15 is 0 Å². The molecule has 1 amide bonds. The minimum atomic E-state index is -1.94. The minimum absolute atomic E-state index is 0. The summed E-state index contributed by atoms with van der Waals surface area (Å²) in [7, 11) is 8.09. The molecule has 1 saturated heterocycles. The Morgan fingerprint density at radius 2 is 1.06 bits per heavy atom. The van der Waals surface area contributed by atoms with Crippen LogP contribution in [0.1, 0.15) is 59.1 Å². The molecule has 1 heterocycles. The Hall–Kier alpha value is -9.11. The van der Waals surface area contributed by atoms with Crippen LogP contribution in [0.25, 0.3) is 6.08 Å². The summed E-state index contributed by atoms with van der Waals surface area (Å²) in [5.74, 6) is -1.29. The van der Waals surface area contributed by atoms with Gasteiger partial charge >= 0.3 is 17.9 Å². The standard InChI is InChI=1S/C22H25NO8.C21H23NO5.C16H15NO4.H2S/c1-22(20(24)29-3,21(25)30-4)17(13-23(26)27)16-10-11-18(28-2)19(12-16)31-14-15-8-6-5-7-9-15;1-21(20(24)26-3)16(12-22-19(21)23)15-9-10-17(25-2)18(11-15)27-13-14-7-5-4-6-8-14;1-20-15-8-7-13(9-10-17(18)19)11-16(15)21-12-14-5-3-2-4-6-14;/h5-12,17H,13-14H2,1-4H3;4-11,16H,12-13H2,1-3H3,(H,22,23);2-11H,12H2,1H3;1H2/b;;10-9+;/t17-;16-,21-;;/m00../s1. The molecule has 80 heavy (non-hydrogen) atoms. The van der Waals surface area contributed by atoms with Gasteiger partial charge in [-0.1, -0.05) is 109 Å². The summed E-state index contributed by atoms with van der Waals surface area (Å²) in [6.45, 7) is 3.55. The van der Waals surface area contributed by atoms with Gasteiger partial charge in [0.15, 0.2) is 45.3 Å². The van der Waals surface area contributed by atoms with Crippen molar-refractivity contribution in [2.24, 2.45) is 10.8 Å². The van der Waals surface area contributed by atoms with E-state index in [1.165, 1.54) is 33.3 Å². The van der Waals surface area contributed by atoms with Crippen LogP contribution in [0.4, 0.5) is 0 Å². The van der Waals surface area contributed by atoms with E-state index in [0.717, 1.165) is 42.7 Å². The van der Waals surface area contributed by atoms with Gasteiger partial charge in [0.1, 0.15) is 19.8 Å². The molecule has 6 aromatic carbocycles. The van der Waals surface area contributed by atoms with Crippen molar-refractivity contribution in [3.05, 3.63) is 205 Å². The topological polar surface area (TPSA) is 250 Å². The van der Waals surface area contributed by atoms with Gasteiger partial charge in [-0.05, 0) is 83.6 Å². The van der Waals surface area contributed by atoms with Crippen LogP contribution in [0, 0.1) is 31.1 Å². The largest absolute Gasteiger partial charge is 0.493 e. The third-order valence-corrected chi connectivity index (χ3v) is 13.0. The second-order valence-corrected chi connectivity index (χ2v) is 17.9. The van der Waals surface area contributed by atoms with Crippen molar-refractivity contribution in [1.82, 2.24) is 5.32 Å². The number of carbonyl (C=O) groups is 4. The molecule has 0 radical (unpaired) electrons. The maximum absolute atomic E-state index is 12.5. The lowest BCUT2D eigenvalue weighted by Gasteiger charge is -2.30. The Kier molecular flexibility index (Phi) is 24.4. The van der Waals surface area contributed by atoms with Crippen molar-refractivity contribution < 1.29 is 71.7 Å². The molecule has 1 aliphatic rings. The summed E-state index contributed by atoms with van der Waals surface area (Å²) < 4.78 is 48.0. The van der Waals surface area contributed by atoms with Crippen molar-refractivity contribution in [2.45, 2.75) is 45.5 Å². The zero-order valence-electron chi connectivity index (χ0n) is 45.5. The SMILES string of the molecule is COC(=O)C(C)(C(=O)OC)[C@@H](C[N+](=O)[O-])c1ccc(OC)c(OCc2ccccc2)c1.COC(=O)[C@]1(C)C(=O)NC[C@H]1c1ccc(OC)c(OCc2ccccc2)c1.COc1ccc(/C=C/[N+](=O)[O-])cc1OCc1ccccc1.S. The average Bonchev–Trinajstić information content (AvgIpc) is 3.96. The van der Waals surface area contributed by atoms with Crippen LogP contribution in [-0.4, -0.2) is 89.4 Å². The lowest BCUT2D eigenvalue weighted by atomic mass is 9.73. The van der Waals surface area contributed by atoms with Gasteiger partial charge in [-0.3, -0.25) is 39.4 Å². The first-order valence-electron chi connectivity index (χ1n) is 24.5. The Balaban J connectivity index is 0.000000261. The van der Waals surface area contributed by atoms with E-state index in [-0.39, 0.29) is 31.9 Å². The quantitative estimate of drug-likeness (QED) is 0.0218. The number of hydrogen-bond donors (Lipinski definition) is 1. The molecule has 424 valence electrons. The molecule has 0 aliphatic carbocycles. The first-order chi connectivity index (χ1) is 38.0. The molecule has 0 bridgehead atoms. The first kappa shape index (κ1) is 63.4. The highest BCUT2D eigenvalue weighted by atomic mass is 32.1. The lowest BCUT2D eigenvalue weighted by molar-refractivity contribution is -0.485. The van der Waals surface area contributed by atoms with Gasteiger partial charge in [-0.15, -0.1) is 0 Å². The summed E-state index contributed by atoms with van der Waals surface area (Å²) >= 11 is 0. The van der Waals surface area contributed by atoms with E-state index in [9.17, 15) is 39.4 Å². The maximum Gasteiger partial charge on any atom is 0.323 e. The van der Waals surface area contributed by atoms with Gasteiger partial charge in [-0.25, -0.2) is 0 Å². The van der Waals surface area contributed by atoms with Crippen LogP contribution in [0.15, 0.2) is 152 Å². The van der Waals surface area contributed by atoms with Gasteiger partial charge in [0.2, 0.25) is 18.7 Å². The molecule has 1 aliphatic heterocycles. The number of nitro groups is 2. The Morgan fingerprint density at radius 3 is 1.49 bits per heavy atom. The summed E-state index contributed by atoms with van der Waals surface area (Å²) in [5, 5.41) is 24.5. The molecule has 0 spiro atoms. The molecule has 1 N–H and O–H groups in total. The summed E-state index contributed by atoms with van der Waals surface area (Å²) in [6.07, 6.45) is 2.30. The van der Waals surface area contributed by atoms with Gasteiger partial charge in [0, 0.05) is 23.5 Å². The predicted molar refractivity (Wildman–Crippen MR) is 300 cm³/mol. The number of nitrogens with one attached hydrogen (secondary N) is 1. The monoisotopic (exact) mass is 1120 g/mol. The fourth-order valence-corrected chi connectivity index (χ4v) is 8.51. The highest BCUT2D eigenvalue weighted by molar-refractivity contribution is 7.59. The molecule has 21 heteroatoms. The molecule has 3 atom stereocenters. The van der Waals surface area contributed by atoms with E-state index in [1.807, 2.05) is 103 Å². The molecule has 0 unspecified atom stereocenters. The molecule has 1 fully saturated rings. The number of esters is 3.